The van der Waals surface area contributed by atoms with Crippen LogP contribution in [0.1, 0.15) is 111 Å². The average Bonchev–Trinajstić information content (AvgIpc) is 1.74. The number of aliphatic hydroxyl groups excluding tert-OH is 4. The fraction of sp³-hybridized carbons (Fsp3) is 0.387. The van der Waals surface area contributed by atoms with Crippen LogP contribution in [0.4, 0.5) is 28.9 Å². The Morgan fingerprint density at radius 1 is 0.546 bits per heavy atom. The predicted molar refractivity (Wildman–Crippen MR) is 377 cm³/mol. The number of fused-ring (bicyclic) bond motifs is 2. The zero-order valence-corrected chi connectivity index (χ0v) is 57.1. The van der Waals surface area contributed by atoms with E-state index in [4.69, 9.17) is 56.4 Å². The summed E-state index contributed by atoms with van der Waals surface area (Å²) in [5, 5.41) is 47.0. The molecule has 4 bridgehead atoms. The second-order valence-corrected chi connectivity index (χ2v) is 28.0. The number of aromatic nitrogens is 4. The fourth-order valence-electron chi connectivity index (χ4n) is 15.2. The quantitative estimate of drug-likeness (QED) is 0.0256. The van der Waals surface area contributed by atoms with Gasteiger partial charge < -0.3 is 50.0 Å². The van der Waals surface area contributed by atoms with Gasteiger partial charge in [-0.25, -0.2) is 14.4 Å². The number of hydrogen-bond donors (Lipinski definition) is 6. The first kappa shape index (κ1) is 71.3. The number of ketones is 2. The normalized spacial score (nSPS) is 17.9. The average molecular weight is 1410 g/mol. The molecule has 2 heterocycles. The van der Waals surface area contributed by atoms with Crippen LogP contribution in [0.15, 0.2) is 140 Å². The van der Waals surface area contributed by atoms with Gasteiger partial charge in [0.2, 0.25) is 0 Å². The first-order valence-electron chi connectivity index (χ1n) is 32.9. The van der Waals surface area contributed by atoms with Crippen LogP contribution in [-0.2, 0) is 41.9 Å². The molecular formula is C75H80Cl4F4N8O6. The van der Waals surface area contributed by atoms with E-state index in [1.807, 2.05) is 70.5 Å². The van der Waals surface area contributed by atoms with Gasteiger partial charge in [0, 0.05) is 99.8 Å². The molecule has 4 saturated carbocycles. The number of Topliss-reactive ketones (excluding diaryl/α,β-unsaturated/α-hetero) is 2. The number of aliphatic hydroxyl groups is 4. The number of hydrogen-bond acceptors (Lipinski definition) is 12. The molecule has 7 aromatic carbocycles. The largest absolute Gasteiger partial charge is 0.419 e. The molecule has 2 atom stereocenters. The molecule has 13 rings (SSSR count). The number of halogens is 8. The predicted octanol–water partition coefficient (Wildman–Crippen LogP) is 15.6. The Bertz CT molecular complexity index is 4200. The lowest BCUT2D eigenvalue weighted by molar-refractivity contribution is -0.140. The van der Waals surface area contributed by atoms with E-state index in [-0.39, 0.29) is 63.0 Å². The van der Waals surface area contributed by atoms with E-state index in [0.29, 0.717) is 99.2 Å². The number of carbonyl (C=O) groups is 2. The van der Waals surface area contributed by atoms with Crippen molar-refractivity contribution in [2.24, 2.45) is 23.2 Å². The van der Waals surface area contributed by atoms with Crippen LogP contribution < -0.4 is 20.4 Å². The zero-order valence-electron chi connectivity index (χ0n) is 54.1. The minimum absolute atomic E-state index is 0.0234. The number of alkyl halides is 3. The lowest BCUT2D eigenvalue weighted by Gasteiger charge is -2.57. The summed E-state index contributed by atoms with van der Waals surface area (Å²) in [6, 6.07) is 40.9. The summed E-state index contributed by atoms with van der Waals surface area (Å²) in [4.78, 5) is 38.8. The summed E-state index contributed by atoms with van der Waals surface area (Å²) in [6.07, 6.45) is 3.91. The summed E-state index contributed by atoms with van der Waals surface area (Å²) in [5.41, 5.74) is 9.71. The summed E-state index contributed by atoms with van der Waals surface area (Å²) in [7, 11) is 0. The summed E-state index contributed by atoms with van der Waals surface area (Å²) in [6.45, 7) is 6.51. The van der Waals surface area contributed by atoms with Crippen molar-refractivity contribution in [1.82, 2.24) is 29.7 Å². The molecule has 4 fully saturated rings. The van der Waals surface area contributed by atoms with Gasteiger partial charge in [0.05, 0.1) is 74.1 Å². The zero-order chi connectivity index (χ0) is 68.7. The number of rotatable bonds is 28. The third-order valence-corrected chi connectivity index (χ3v) is 20.7. The molecule has 0 amide bonds. The van der Waals surface area contributed by atoms with Crippen molar-refractivity contribution in [1.29, 1.82) is 0 Å². The minimum Gasteiger partial charge on any atom is -0.395 e. The molecule has 512 valence electrons. The summed E-state index contributed by atoms with van der Waals surface area (Å²) in [5.74, 6) is 2.75. The smallest absolute Gasteiger partial charge is 0.395 e. The second kappa shape index (κ2) is 31.5. The molecule has 0 saturated heterocycles. The molecule has 0 spiro atoms. The molecule has 4 aliphatic carbocycles. The monoisotopic (exact) mass is 1400 g/mol. The van der Waals surface area contributed by atoms with E-state index in [9.17, 15) is 47.6 Å². The van der Waals surface area contributed by atoms with Gasteiger partial charge in [0.25, 0.3) is 0 Å². The number of imidazole rings is 2. The Labute approximate surface area is 582 Å². The van der Waals surface area contributed by atoms with Gasteiger partial charge in [-0.1, -0.05) is 76.7 Å². The molecule has 2 unspecified atom stereocenters. The van der Waals surface area contributed by atoms with Crippen LogP contribution in [-0.4, -0.2) is 104 Å². The SMILES string of the molecule is CC(=O)CC(NCc1ccc(Cl)c(Cl)c1)c1ccc2c(c1)nc(-c1ccc(N(CCO)CCO)cc1)n2CC12CC3CC(CC(C3)C1)C2.CC(=O)CC(NCc1ccc(Cl)c(Cl)c1)c1ccc2c(c1)nc(-c1ccc(N(CCO)CCO)cc1)n2Cc1ccc(C(F)(F)F)c(F)c1. The first-order valence-corrected chi connectivity index (χ1v) is 34.4. The molecule has 0 aliphatic heterocycles. The van der Waals surface area contributed by atoms with Crippen molar-refractivity contribution in [3.05, 3.63) is 199 Å². The Hall–Kier alpha value is -6.94. The highest BCUT2D eigenvalue weighted by Crippen LogP contribution is 2.61. The molecule has 22 heteroatoms. The van der Waals surface area contributed by atoms with Crippen molar-refractivity contribution in [3.8, 4) is 22.8 Å². The number of nitrogens with one attached hydrogen (secondary N) is 2. The molecule has 2 aromatic heterocycles. The van der Waals surface area contributed by atoms with E-state index >= 15 is 0 Å². The fourth-order valence-corrected chi connectivity index (χ4v) is 15.9. The lowest BCUT2D eigenvalue weighted by atomic mass is 9.49. The maximum atomic E-state index is 14.6. The first-order chi connectivity index (χ1) is 46.6. The summed E-state index contributed by atoms with van der Waals surface area (Å²) < 4.78 is 58.7. The third-order valence-electron chi connectivity index (χ3n) is 19.2. The highest BCUT2D eigenvalue weighted by molar-refractivity contribution is 6.42. The molecule has 4 aliphatic rings. The second-order valence-electron chi connectivity index (χ2n) is 26.4. The molecule has 9 aromatic rings. The molecule has 97 heavy (non-hydrogen) atoms. The topological polar surface area (TPSA) is 181 Å². The van der Waals surface area contributed by atoms with Crippen LogP contribution in [0.5, 0.6) is 0 Å². The number of nitrogens with zero attached hydrogens (tertiary/aromatic N) is 6. The van der Waals surface area contributed by atoms with E-state index in [1.54, 1.807) is 29.7 Å². The summed E-state index contributed by atoms with van der Waals surface area (Å²) >= 11 is 24.7. The lowest BCUT2D eigenvalue weighted by Crippen LogP contribution is -2.47. The van der Waals surface area contributed by atoms with Gasteiger partial charge in [0.1, 0.15) is 29.0 Å². The van der Waals surface area contributed by atoms with Gasteiger partial charge in [-0.2, -0.15) is 13.2 Å². The van der Waals surface area contributed by atoms with Crippen molar-refractivity contribution < 1.29 is 47.6 Å². The minimum atomic E-state index is -4.82. The van der Waals surface area contributed by atoms with Gasteiger partial charge in [0.15, 0.2) is 0 Å². The molecule has 14 nitrogen and oxygen atoms in total. The number of anilines is 2. The molecular weight excluding hydrogens is 1330 g/mol. The highest BCUT2D eigenvalue weighted by Gasteiger charge is 2.51. The van der Waals surface area contributed by atoms with Crippen LogP contribution in [0.2, 0.25) is 20.1 Å². The maximum absolute atomic E-state index is 14.6. The molecule has 0 radical (unpaired) electrons. The Balaban J connectivity index is 0.000000197. The van der Waals surface area contributed by atoms with Crippen LogP contribution in [0.25, 0.3) is 44.8 Å². The van der Waals surface area contributed by atoms with Gasteiger partial charge >= 0.3 is 6.18 Å². The van der Waals surface area contributed by atoms with Gasteiger partial charge in [-0.15, -0.1) is 0 Å². The maximum Gasteiger partial charge on any atom is 0.419 e. The number of carbonyl (C=O) groups excluding carboxylic acids is 2. The Kier molecular flexibility index (Phi) is 23.2. The highest BCUT2D eigenvalue weighted by atomic mass is 35.5. The van der Waals surface area contributed by atoms with Crippen molar-refractivity contribution in [2.45, 2.75) is 110 Å². The van der Waals surface area contributed by atoms with E-state index in [1.165, 1.54) is 51.5 Å². The Morgan fingerprint density at radius 3 is 1.35 bits per heavy atom. The third kappa shape index (κ3) is 17.2. The molecule has 6 N–H and O–H groups in total. The number of benzene rings is 7. The van der Waals surface area contributed by atoms with Crippen molar-refractivity contribution in [2.75, 3.05) is 62.4 Å². The van der Waals surface area contributed by atoms with Gasteiger partial charge in [-0.05, 0) is 213 Å². The van der Waals surface area contributed by atoms with E-state index in [2.05, 4.69) is 57.7 Å². The van der Waals surface area contributed by atoms with Crippen LogP contribution >= 0.6 is 46.4 Å². The van der Waals surface area contributed by atoms with Crippen LogP contribution in [0, 0.1) is 29.0 Å². The Morgan fingerprint density at radius 2 is 0.959 bits per heavy atom. The van der Waals surface area contributed by atoms with Crippen molar-refractivity contribution in [3.63, 3.8) is 0 Å². The van der Waals surface area contributed by atoms with E-state index in [0.717, 1.165) is 92.5 Å². The van der Waals surface area contributed by atoms with E-state index < -0.39 is 17.6 Å². The van der Waals surface area contributed by atoms with Gasteiger partial charge in [-0.3, -0.25) is 9.59 Å². The standard InChI is InChI=1S/C39H46Cl2N4O3.C36H34Cl2F4N4O3/c1-25(48)14-35(42-23-26-2-8-33(40)34(41)18-26)31-5-9-37-36(19-31)43-38(30-3-6-32(7-4-30)44(10-12-46)11-13-47)45(37)24-39-20-27-15-28(21-39)17-29(16-27)22-39;1-22(49)16-32(43-20-23-3-10-29(37)30(38)17-23)26-6-11-34-33(19-26)44-35(25-4-7-27(8-5-25)45(12-14-47)13-15-48)46(34)21-24-2-9-28(31(39)18-24)36(40,41)42/h2-9,18-19,27-29,35,42,46-47H,10-17,20-24H2,1H3;2-11,17-19,32,43,47-48H,12-16,20-21H2,1H3. The van der Waals surface area contributed by atoms with Crippen LogP contribution in [0.3, 0.4) is 0 Å². The van der Waals surface area contributed by atoms with Crippen molar-refractivity contribution >= 4 is 91.4 Å².